The summed E-state index contributed by atoms with van der Waals surface area (Å²) in [6, 6.07) is 6.99. The maximum Gasteiger partial charge on any atom is 0.316 e. The summed E-state index contributed by atoms with van der Waals surface area (Å²) in [4.78, 5) is 29.8. The molecule has 0 bridgehead atoms. The minimum Gasteiger partial charge on any atom is -0.465 e. The zero-order valence-corrected chi connectivity index (χ0v) is 15.3. The summed E-state index contributed by atoms with van der Waals surface area (Å²) in [7, 11) is 0. The van der Waals surface area contributed by atoms with Gasteiger partial charge in [0.25, 0.3) is 5.56 Å². The highest BCUT2D eigenvalue weighted by molar-refractivity contribution is 8.00. The lowest BCUT2D eigenvalue weighted by Crippen LogP contribution is -2.24. The monoisotopic (exact) mass is 382 g/mol. The lowest BCUT2D eigenvalue weighted by Gasteiger charge is -2.13. The van der Waals surface area contributed by atoms with Gasteiger partial charge in [-0.3, -0.25) is 14.2 Å². The van der Waals surface area contributed by atoms with Gasteiger partial charge >= 0.3 is 5.97 Å². The van der Waals surface area contributed by atoms with E-state index in [1.165, 1.54) is 28.1 Å². The summed E-state index contributed by atoms with van der Waals surface area (Å²) < 4.78 is 6.49. The van der Waals surface area contributed by atoms with E-state index in [9.17, 15) is 9.59 Å². The van der Waals surface area contributed by atoms with Crippen molar-refractivity contribution in [2.24, 2.45) is 0 Å². The Morgan fingerprint density at radius 3 is 2.88 bits per heavy atom. The number of benzene rings is 1. The number of ether oxygens (including phenoxy) is 1. The lowest BCUT2D eigenvalue weighted by molar-refractivity contribution is -0.139. The predicted octanol–water partition coefficient (Wildman–Crippen LogP) is 3.19. The summed E-state index contributed by atoms with van der Waals surface area (Å²) in [6.45, 7) is 2.09. The number of esters is 1. The van der Waals surface area contributed by atoms with Gasteiger partial charge in [-0.2, -0.15) is 0 Å². The average Bonchev–Trinajstić information content (AvgIpc) is 3.03. The molecule has 0 fully saturated rings. The maximum absolute atomic E-state index is 12.9. The number of nitrogens with zero attached hydrogens (tertiary/aromatic N) is 2. The predicted molar refractivity (Wildman–Crippen MR) is 96.6 cm³/mol. The van der Waals surface area contributed by atoms with Crippen LogP contribution in [0.3, 0.4) is 0 Å². The topological polar surface area (TPSA) is 61.2 Å². The Morgan fingerprint density at radius 2 is 2.17 bits per heavy atom. The minimum absolute atomic E-state index is 0.101. The molecule has 0 amide bonds. The van der Waals surface area contributed by atoms with Crippen LogP contribution in [-0.4, -0.2) is 33.6 Å². The second-order valence-corrected chi connectivity index (χ2v) is 7.46. The fourth-order valence-electron chi connectivity index (χ4n) is 2.33. The van der Waals surface area contributed by atoms with Crippen LogP contribution < -0.4 is 5.56 Å². The molecule has 0 aliphatic carbocycles. The molecule has 2 heterocycles. The van der Waals surface area contributed by atoms with Gasteiger partial charge in [0.2, 0.25) is 0 Å². The summed E-state index contributed by atoms with van der Waals surface area (Å²) in [5, 5.41) is 1.09. The summed E-state index contributed by atoms with van der Waals surface area (Å²) in [5.74, 6) is 0.638. The molecule has 0 saturated heterocycles. The molecule has 0 radical (unpaired) electrons. The van der Waals surface area contributed by atoms with Gasteiger partial charge in [-0.25, -0.2) is 4.98 Å². The number of carbonyl (C=O) groups is 1. The Kier molecular flexibility index (Phi) is 5.53. The third kappa shape index (κ3) is 3.63. The molecule has 3 rings (SSSR count). The smallest absolute Gasteiger partial charge is 0.316 e. The summed E-state index contributed by atoms with van der Waals surface area (Å²) in [6.07, 6.45) is 0.768. The highest BCUT2D eigenvalue weighted by Crippen LogP contribution is 2.30. The van der Waals surface area contributed by atoms with Crippen molar-refractivity contribution in [3.8, 4) is 5.69 Å². The number of hydrogen-bond donors (Lipinski definition) is 0. The van der Waals surface area contributed by atoms with Crippen LogP contribution in [0.25, 0.3) is 5.69 Å². The number of carbonyl (C=O) groups excluding carboxylic acids is 1. The zero-order chi connectivity index (χ0) is 17.1. The quantitative estimate of drug-likeness (QED) is 0.449. The fraction of sp³-hybridized carbons (Fsp3) is 0.312. The van der Waals surface area contributed by atoms with Crippen LogP contribution in [0.1, 0.15) is 12.6 Å². The molecule has 0 N–H and O–H groups in total. The van der Waals surface area contributed by atoms with E-state index in [0.717, 1.165) is 17.9 Å². The van der Waals surface area contributed by atoms with Gasteiger partial charge in [0.15, 0.2) is 5.16 Å². The second-order valence-electron chi connectivity index (χ2n) is 4.98. The van der Waals surface area contributed by atoms with Gasteiger partial charge in [0.05, 0.1) is 28.6 Å². The van der Waals surface area contributed by atoms with Gasteiger partial charge < -0.3 is 4.74 Å². The molecule has 1 aromatic carbocycles. The largest absolute Gasteiger partial charge is 0.465 e. The number of rotatable bonds is 5. The third-order valence-electron chi connectivity index (χ3n) is 3.38. The second kappa shape index (κ2) is 7.63. The zero-order valence-electron chi connectivity index (χ0n) is 13.0. The first-order valence-electron chi connectivity index (χ1n) is 7.43. The first kappa shape index (κ1) is 17.4. The van der Waals surface area contributed by atoms with Crippen LogP contribution >= 0.6 is 35.1 Å². The maximum atomic E-state index is 12.9. The van der Waals surface area contributed by atoms with E-state index in [4.69, 9.17) is 16.3 Å². The van der Waals surface area contributed by atoms with Crippen LogP contribution in [0.4, 0.5) is 0 Å². The highest BCUT2D eigenvalue weighted by atomic mass is 35.5. The van der Waals surface area contributed by atoms with Crippen molar-refractivity contribution in [2.45, 2.75) is 23.4 Å². The normalized spacial score (nSPS) is 12.9. The van der Waals surface area contributed by atoms with E-state index >= 15 is 0 Å². The molecule has 0 saturated carbocycles. The van der Waals surface area contributed by atoms with Gasteiger partial charge in [-0.15, -0.1) is 11.8 Å². The molecule has 0 atom stereocenters. The molecule has 5 nitrogen and oxygen atoms in total. The standard InChI is InChI=1S/C16H15ClN2O3S2/c1-2-22-13(20)9-24-16-18-12-7-8-23-14(12)15(21)19(16)11-5-3-10(17)4-6-11/h3-6H,2,7-9H2,1H3. The van der Waals surface area contributed by atoms with E-state index in [2.05, 4.69) is 4.98 Å². The summed E-state index contributed by atoms with van der Waals surface area (Å²) >= 11 is 8.67. The average molecular weight is 383 g/mol. The molecule has 0 unspecified atom stereocenters. The van der Waals surface area contributed by atoms with Crippen molar-refractivity contribution in [1.29, 1.82) is 0 Å². The number of halogens is 1. The molecule has 1 aliphatic rings. The number of aryl methyl sites for hydroxylation is 1. The Balaban J connectivity index is 2.03. The molecule has 0 spiro atoms. The number of thioether (sulfide) groups is 2. The number of hydrogen-bond acceptors (Lipinski definition) is 6. The first-order chi connectivity index (χ1) is 11.6. The summed E-state index contributed by atoms with van der Waals surface area (Å²) in [5.41, 5.74) is 1.39. The van der Waals surface area contributed by atoms with Crippen LogP contribution in [-0.2, 0) is 16.0 Å². The lowest BCUT2D eigenvalue weighted by atomic mass is 10.3. The highest BCUT2D eigenvalue weighted by Gasteiger charge is 2.23. The van der Waals surface area contributed by atoms with E-state index < -0.39 is 0 Å². The molecule has 8 heteroatoms. The van der Waals surface area contributed by atoms with E-state index in [1.807, 2.05) is 0 Å². The van der Waals surface area contributed by atoms with Crippen LogP contribution in [0.5, 0.6) is 0 Å². The Labute approximate surface area is 152 Å². The Bertz CT molecular complexity index is 821. The van der Waals surface area contributed by atoms with E-state index in [-0.39, 0.29) is 17.3 Å². The van der Waals surface area contributed by atoms with Gasteiger partial charge in [0, 0.05) is 17.2 Å². The molecule has 24 heavy (non-hydrogen) atoms. The van der Waals surface area contributed by atoms with E-state index in [0.29, 0.717) is 27.4 Å². The van der Waals surface area contributed by atoms with Gasteiger partial charge in [-0.1, -0.05) is 23.4 Å². The minimum atomic E-state index is -0.325. The number of aromatic nitrogens is 2. The fourth-order valence-corrected chi connectivity index (χ4v) is 4.31. The number of fused-ring (bicyclic) bond motifs is 1. The van der Waals surface area contributed by atoms with Crippen molar-refractivity contribution < 1.29 is 9.53 Å². The first-order valence-corrected chi connectivity index (χ1v) is 9.78. The van der Waals surface area contributed by atoms with Crippen LogP contribution in [0.15, 0.2) is 39.1 Å². The van der Waals surface area contributed by atoms with Crippen molar-refractivity contribution in [3.05, 3.63) is 45.3 Å². The Morgan fingerprint density at radius 1 is 1.42 bits per heavy atom. The van der Waals surface area contributed by atoms with Crippen LogP contribution in [0, 0.1) is 0 Å². The van der Waals surface area contributed by atoms with Crippen LogP contribution in [0.2, 0.25) is 5.02 Å². The molecule has 1 aliphatic heterocycles. The molecular weight excluding hydrogens is 368 g/mol. The SMILES string of the molecule is CCOC(=O)CSc1nc2c(c(=O)n1-c1ccc(Cl)cc1)SCC2. The van der Waals surface area contributed by atoms with Gasteiger partial charge in [-0.05, 0) is 31.2 Å². The Hall–Kier alpha value is -1.44. The van der Waals surface area contributed by atoms with E-state index in [1.54, 1.807) is 31.2 Å². The van der Waals surface area contributed by atoms with Gasteiger partial charge in [0.1, 0.15) is 0 Å². The molecule has 1 aromatic heterocycles. The van der Waals surface area contributed by atoms with Crippen molar-refractivity contribution >= 4 is 41.1 Å². The van der Waals surface area contributed by atoms with Crippen molar-refractivity contribution in [2.75, 3.05) is 18.1 Å². The van der Waals surface area contributed by atoms with Crippen molar-refractivity contribution in [3.63, 3.8) is 0 Å². The van der Waals surface area contributed by atoms with Crippen molar-refractivity contribution in [1.82, 2.24) is 9.55 Å². The molecule has 126 valence electrons. The molecule has 2 aromatic rings. The third-order valence-corrected chi connectivity index (χ3v) is 5.65. The molecular formula is C16H15ClN2O3S2.